The average molecular weight is 376 g/mol. The normalized spacial score (nSPS) is 18.0. The Balaban J connectivity index is 1.76. The van der Waals surface area contributed by atoms with E-state index in [0.29, 0.717) is 15.6 Å². The molecular formula is C21H16N2O3S. The summed E-state index contributed by atoms with van der Waals surface area (Å²) < 4.78 is 5.94. The number of hydrogen-bond donors (Lipinski definition) is 1. The number of hydrogen-bond acceptors (Lipinski definition) is 5. The van der Waals surface area contributed by atoms with Crippen molar-refractivity contribution < 1.29 is 14.6 Å². The third-order valence-corrected chi connectivity index (χ3v) is 5.38. The van der Waals surface area contributed by atoms with E-state index < -0.39 is 11.5 Å². The SMILES string of the molecule is Cc1sc(C2(c3cccc(Oc4ccccc4)c3)C=CC=N2)nc1C(=O)O. The summed E-state index contributed by atoms with van der Waals surface area (Å²) in [5.74, 6) is 0.394. The van der Waals surface area contributed by atoms with Crippen LogP contribution in [-0.4, -0.2) is 22.3 Å². The van der Waals surface area contributed by atoms with E-state index in [4.69, 9.17) is 4.74 Å². The van der Waals surface area contributed by atoms with Crippen LogP contribution in [0.5, 0.6) is 11.5 Å². The van der Waals surface area contributed by atoms with E-state index in [0.717, 1.165) is 11.3 Å². The Labute approximate surface area is 160 Å². The summed E-state index contributed by atoms with van der Waals surface area (Å²) in [6.45, 7) is 1.76. The maximum atomic E-state index is 11.4. The largest absolute Gasteiger partial charge is 0.476 e. The lowest BCUT2D eigenvalue weighted by Crippen LogP contribution is -2.21. The zero-order valence-electron chi connectivity index (χ0n) is 14.5. The van der Waals surface area contributed by atoms with Gasteiger partial charge in [0.15, 0.2) is 11.2 Å². The van der Waals surface area contributed by atoms with Crippen molar-refractivity contribution in [2.24, 2.45) is 4.99 Å². The van der Waals surface area contributed by atoms with Gasteiger partial charge in [0.2, 0.25) is 0 Å². The summed E-state index contributed by atoms with van der Waals surface area (Å²) in [4.78, 5) is 21.1. The van der Waals surface area contributed by atoms with Gasteiger partial charge >= 0.3 is 5.97 Å². The summed E-state index contributed by atoms with van der Waals surface area (Å²) >= 11 is 1.35. The number of aromatic carboxylic acids is 1. The summed E-state index contributed by atoms with van der Waals surface area (Å²) in [5.41, 5.74) is 0.104. The second-order valence-electron chi connectivity index (χ2n) is 6.08. The number of para-hydroxylation sites is 1. The van der Waals surface area contributed by atoms with Gasteiger partial charge in [-0.1, -0.05) is 30.3 Å². The number of carboxylic acid groups (broad SMARTS) is 1. The first kappa shape index (κ1) is 17.2. The number of aliphatic imine (C=N–C) groups is 1. The van der Waals surface area contributed by atoms with E-state index in [2.05, 4.69) is 9.98 Å². The van der Waals surface area contributed by atoms with Gasteiger partial charge in [-0.05, 0) is 48.9 Å². The molecule has 1 N–H and O–H groups in total. The number of aryl methyl sites for hydroxylation is 1. The minimum atomic E-state index is -1.03. The fourth-order valence-electron chi connectivity index (χ4n) is 2.99. The Hall–Kier alpha value is -3.25. The Kier molecular flexibility index (Phi) is 4.33. The number of thiazole rings is 1. The van der Waals surface area contributed by atoms with Crippen LogP contribution in [0.3, 0.4) is 0 Å². The molecule has 6 heteroatoms. The molecule has 2 heterocycles. The second-order valence-corrected chi connectivity index (χ2v) is 7.28. The van der Waals surface area contributed by atoms with Crippen molar-refractivity contribution in [2.45, 2.75) is 12.5 Å². The van der Waals surface area contributed by atoms with Gasteiger partial charge in [0.05, 0.1) is 0 Å². The summed E-state index contributed by atoms with van der Waals surface area (Å²) in [6, 6.07) is 17.2. The fourth-order valence-corrected chi connectivity index (χ4v) is 4.04. The van der Waals surface area contributed by atoms with Crippen molar-refractivity contribution in [3.63, 3.8) is 0 Å². The van der Waals surface area contributed by atoms with Crippen LogP contribution in [0.4, 0.5) is 0 Å². The number of allylic oxidation sites excluding steroid dienone is 1. The van der Waals surface area contributed by atoms with Gasteiger partial charge in [-0.15, -0.1) is 11.3 Å². The van der Waals surface area contributed by atoms with Gasteiger partial charge in [0, 0.05) is 11.1 Å². The number of benzene rings is 2. The maximum absolute atomic E-state index is 11.4. The predicted molar refractivity (Wildman–Crippen MR) is 105 cm³/mol. The van der Waals surface area contributed by atoms with E-state index in [9.17, 15) is 9.90 Å². The van der Waals surface area contributed by atoms with Crippen LogP contribution in [0, 0.1) is 6.92 Å². The first-order valence-electron chi connectivity index (χ1n) is 8.36. The molecule has 1 aliphatic rings. The summed E-state index contributed by atoms with van der Waals surface area (Å²) in [5, 5.41) is 9.98. The minimum absolute atomic E-state index is 0.0709. The number of nitrogens with zero attached hydrogens (tertiary/aromatic N) is 2. The molecule has 0 spiro atoms. The molecular weight excluding hydrogens is 360 g/mol. The van der Waals surface area contributed by atoms with Gasteiger partial charge in [0.1, 0.15) is 16.5 Å². The van der Waals surface area contributed by atoms with E-state index in [1.807, 2.05) is 66.7 Å². The molecule has 0 saturated carbocycles. The molecule has 5 nitrogen and oxygen atoms in total. The molecule has 1 atom stereocenters. The van der Waals surface area contributed by atoms with Gasteiger partial charge in [-0.2, -0.15) is 0 Å². The lowest BCUT2D eigenvalue weighted by molar-refractivity contribution is 0.0690. The Bertz CT molecular complexity index is 1040. The van der Waals surface area contributed by atoms with Crippen molar-refractivity contribution >= 4 is 23.5 Å². The maximum Gasteiger partial charge on any atom is 0.355 e. The lowest BCUT2D eigenvalue weighted by Gasteiger charge is -2.23. The van der Waals surface area contributed by atoms with Gasteiger partial charge in [-0.25, -0.2) is 9.78 Å². The summed E-state index contributed by atoms with van der Waals surface area (Å²) in [6.07, 6.45) is 5.49. The molecule has 2 aromatic carbocycles. The van der Waals surface area contributed by atoms with E-state index in [1.54, 1.807) is 13.1 Å². The third kappa shape index (κ3) is 3.15. The standard InChI is InChI=1S/C21H16N2O3S/c1-14-18(19(24)25)23-20(27-14)21(11-6-12-22-21)15-7-5-10-17(13-15)26-16-8-3-2-4-9-16/h2-13H,1H3,(H,24,25). The van der Waals surface area contributed by atoms with Crippen LogP contribution >= 0.6 is 11.3 Å². The molecule has 4 rings (SSSR count). The molecule has 27 heavy (non-hydrogen) atoms. The highest BCUT2D eigenvalue weighted by Gasteiger charge is 2.37. The van der Waals surface area contributed by atoms with Crippen molar-refractivity contribution in [3.8, 4) is 11.5 Å². The highest BCUT2D eigenvalue weighted by molar-refractivity contribution is 7.12. The van der Waals surface area contributed by atoms with E-state index in [-0.39, 0.29) is 5.69 Å². The molecule has 3 aromatic rings. The monoisotopic (exact) mass is 376 g/mol. The number of carbonyl (C=O) groups is 1. The van der Waals surface area contributed by atoms with E-state index in [1.165, 1.54) is 11.3 Å². The molecule has 0 radical (unpaired) electrons. The van der Waals surface area contributed by atoms with Crippen LogP contribution in [0.2, 0.25) is 0 Å². The topological polar surface area (TPSA) is 71.8 Å². The zero-order valence-corrected chi connectivity index (χ0v) is 15.3. The van der Waals surface area contributed by atoms with Crippen LogP contribution in [0.25, 0.3) is 0 Å². The Morgan fingerprint density at radius 3 is 2.56 bits per heavy atom. The molecule has 0 bridgehead atoms. The van der Waals surface area contributed by atoms with Crippen molar-refractivity contribution in [1.29, 1.82) is 0 Å². The van der Waals surface area contributed by atoms with Crippen LogP contribution < -0.4 is 4.74 Å². The minimum Gasteiger partial charge on any atom is -0.476 e. The van der Waals surface area contributed by atoms with Crippen molar-refractivity contribution in [2.75, 3.05) is 0 Å². The number of ether oxygens (including phenoxy) is 1. The van der Waals surface area contributed by atoms with Crippen molar-refractivity contribution in [3.05, 3.63) is 87.9 Å². The highest BCUT2D eigenvalue weighted by Crippen LogP contribution is 2.41. The van der Waals surface area contributed by atoms with Crippen LogP contribution in [0.1, 0.15) is 25.9 Å². The molecule has 0 fully saturated rings. The molecule has 1 unspecified atom stereocenters. The van der Waals surface area contributed by atoms with Gasteiger partial charge < -0.3 is 9.84 Å². The Morgan fingerprint density at radius 2 is 1.89 bits per heavy atom. The molecule has 0 aliphatic carbocycles. The van der Waals surface area contributed by atoms with Crippen LogP contribution in [-0.2, 0) is 5.54 Å². The third-order valence-electron chi connectivity index (χ3n) is 4.28. The number of carboxylic acids is 1. The first-order chi connectivity index (χ1) is 13.1. The highest BCUT2D eigenvalue weighted by atomic mass is 32.1. The first-order valence-corrected chi connectivity index (χ1v) is 9.18. The molecule has 134 valence electrons. The van der Waals surface area contributed by atoms with Crippen molar-refractivity contribution in [1.82, 2.24) is 4.98 Å². The molecule has 1 aliphatic heterocycles. The quantitative estimate of drug-likeness (QED) is 0.692. The van der Waals surface area contributed by atoms with Gasteiger partial charge in [0.25, 0.3) is 0 Å². The number of rotatable bonds is 5. The predicted octanol–water partition coefficient (Wildman–Crippen LogP) is 4.83. The molecule has 0 saturated heterocycles. The molecule has 0 amide bonds. The Morgan fingerprint density at radius 1 is 1.11 bits per heavy atom. The zero-order chi connectivity index (χ0) is 18.9. The summed E-state index contributed by atoms with van der Waals surface area (Å²) in [7, 11) is 0. The lowest BCUT2D eigenvalue weighted by atomic mass is 9.91. The average Bonchev–Trinajstić information content (AvgIpc) is 3.30. The smallest absolute Gasteiger partial charge is 0.355 e. The van der Waals surface area contributed by atoms with E-state index >= 15 is 0 Å². The fraction of sp³-hybridized carbons (Fsp3) is 0.0952. The molecule has 1 aromatic heterocycles. The van der Waals surface area contributed by atoms with Gasteiger partial charge in [-0.3, -0.25) is 4.99 Å². The second kappa shape index (κ2) is 6.81. The number of aromatic nitrogens is 1. The van der Waals surface area contributed by atoms with Crippen LogP contribution in [0.15, 0.2) is 71.7 Å².